The molecule has 0 spiro atoms. The van der Waals surface area contributed by atoms with Crippen LogP contribution in [0, 0.1) is 0 Å². The number of ether oxygens (including phenoxy) is 1. The molecule has 7 heteroatoms. The van der Waals surface area contributed by atoms with Crippen LogP contribution in [0.3, 0.4) is 0 Å². The van der Waals surface area contributed by atoms with Crippen LogP contribution in [-0.2, 0) is 34.5 Å². The lowest BCUT2D eigenvalue weighted by molar-refractivity contribution is 0.0600. The van der Waals surface area contributed by atoms with Crippen LogP contribution < -0.4 is 4.72 Å². The molecule has 0 aliphatic carbocycles. The van der Waals surface area contributed by atoms with Gasteiger partial charge in [-0.2, -0.15) is 17.4 Å². The van der Waals surface area contributed by atoms with Crippen molar-refractivity contribution in [2.45, 2.75) is 19.5 Å². The van der Waals surface area contributed by atoms with Crippen molar-refractivity contribution in [3.05, 3.63) is 70.8 Å². The number of fused-ring (bicyclic) bond motifs is 1. The first-order valence-corrected chi connectivity index (χ1v) is 9.42. The molecule has 2 aromatic rings. The molecule has 0 fully saturated rings. The highest BCUT2D eigenvalue weighted by Gasteiger charge is 2.26. The average molecular weight is 360 g/mol. The van der Waals surface area contributed by atoms with Gasteiger partial charge in [-0.1, -0.05) is 36.4 Å². The fraction of sp³-hybridized carbons (Fsp3) is 0.278. The van der Waals surface area contributed by atoms with Gasteiger partial charge in [0.15, 0.2) is 0 Å². The number of nitrogens with one attached hydrogen (secondary N) is 1. The normalized spacial score (nSPS) is 14.8. The lowest BCUT2D eigenvalue weighted by atomic mass is 10.0. The third-order valence-electron chi connectivity index (χ3n) is 4.24. The summed E-state index contributed by atoms with van der Waals surface area (Å²) in [6.07, 6.45) is 0.703. The van der Waals surface area contributed by atoms with E-state index in [9.17, 15) is 13.2 Å². The SMILES string of the molecule is COC(=O)c1cccc(CNS(=O)(=O)N2CCc3ccccc3C2)c1. The smallest absolute Gasteiger partial charge is 0.337 e. The van der Waals surface area contributed by atoms with Crippen LogP contribution in [0.15, 0.2) is 48.5 Å². The predicted molar refractivity (Wildman–Crippen MR) is 94.1 cm³/mol. The first kappa shape index (κ1) is 17.6. The molecule has 0 amide bonds. The first-order chi connectivity index (χ1) is 12.0. The number of hydrogen-bond acceptors (Lipinski definition) is 4. The molecule has 1 aliphatic heterocycles. The summed E-state index contributed by atoms with van der Waals surface area (Å²) in [5.74, 6) is -0.447. The minimum Gasteiger partial charge on any atom is -0.465 e. The van der Waals surface area contributed by atoms with Crippen LogP contribution in [-0.4, -0.2) is 32.3 Å². The maximum atomic E-state index is 12.6. The molecular weight excluding hydrogens is 340 g/mol. The second-order valence-corrected chi connectivity index (χ2v) is 7.63. The van der Waals surface area contributed by atoms with Crippen LogP contribution >= 0.6 is 0 Å². The second-order valence-electron chi connectivity index (χ2n) is 5.87. The van der Waals surface area contributed by atoms with Gasteiger partial charge in [-0.25, -0.2) is 4.79 Å². The van der Waals surface area contributed by atoms with Crippen LogP contribution in [0.4, 0.5) is 0 Å². The Bertz CT molecular complexity index is 880. The minimum atomic E-state index is -3.60. The molecule has 0 bridgehead atoms. The van der Waals surface area contributed by atoms with Crippen LogP contribution in [0.1, 0.15) is 27.0 Å². The molecule has 2 aromatic carbocycles. The summed E-state index contributed by atoms with van der Waals surface area (Å²) < 4.78 is 33.9. The molecule has 1 heterocycles. The van der Waals surface area contributed by atoms with Crippen molar-refractivity contribution in [1.82, 2.24) is 9.03 Å². The molecule has 25 heavy (non-hydrogen) atoms. The Kier molecular flexibility index (Phi) is 5.17. The highest BCUT2D eigenvalue weighted by Crippen LogP contribution is 2.20. The van der Waals surface area contributed by atoms with Crippen LogP contribution in [0.2, 0.25) is 0 Å². The van der Waals surface area contributed by atoms with Crippen molar-refractivity contribution >= 4 is 16.2 Å². The van der Waals surface area contributed by atoms with Crippen LogP contribution in [0.5, 0.6) is 0 Å². The third-order valence-corrected chi connectivity index (χ3v) is 5.74. The number of rotatable bonds is 5. The molecule has 1 aliphatic rings. The number of methoxy groups -OCH3 is 1. The lowest BCUT2D eigenvalue weighted by Gasteiger charge is -2.28. The van der Waals surface area contributed by atoms with E-state index >= 15 is 0 Å². The molecule has 0 unspecified atom stereocenters. The molecule has 0 atom stereocenters. The van der Waals surface area contributed by atoms with E-state index in [0.29, 0.717) is 30.6 Å². The van der Waals surface area contributed by atoms with Crippen molar-refractivity contribution in [1.29, 1.82) is 0 Å². The number of esters is 1. The summed E-state index contributed by atoms with van der Waals surface area (Å²) in [5.41, 5.74) is 3.32. The monoisotopic (exact) mass is 360 g/mol. The number of nitrogens with zero attached hydrogens (tertiary/aromatic N) is 1. The molecule has 0 radical (unpaired) electrons. The lowest BCUT2D eigenvalue weighted by Crippen LogP contribution is -2.43. The fourth-order valence-corrected chi connectivity index (χ4v) is 4.04. The van der Waals surface area contributed by atoms with Crippen molar-refractivity contribution in [3.63, 3.8) is 0 Å². The third kappa shape index (κ3) is 4.07. The van der Waals surface area contributed by atoms with Gasteiger partial charge >= 0.3 is 5.97 Å². The van der Waals surface area contributed by atoms with E-state index in [0.717, 1.165) is 5.56 Å². The van der Waals surface area contributed by atoms with E-state index in [-0.39, 0.29) is 6.54 Å². The summed E-state index contributed by atoms with van der Waals surface area (Å²) in [4.78, 5) is 11.6. The van der Waals surface area contributed by atoms with Gasteiger partial charge in [0.25, 0.3) is 10.2 Å². The Labute approximate surface area is 147 Å². The first-order valence-electron chi connectivity index (χ1n) is 7.98. The summed E-state index contributed by atoms with van der Waals surface area (Å²) in [6, 6.07) is 14.6. The van der Waals surface area contributed by atoms with Gasteiger partial charge in [-0.3, -0.25) is 0 Å². The van der Waals surface area contributed by atoms with Gasteiger partial charge in [-0.05, 0) is 35.2 Å². The van der Waals surface area contributed by atoms with Crippen molar-refractivity contribution < 1.29 is 17.9 Å². The maximum absolute atomic E-state index is 12.6. The molecule has 0 aromatic heterocycles. The Hall–Kier alpha value is -2.22. The Morgan fingerprint density at radius 3 is 2.68 bits per heavy atom. The average Bonchev–Trinajstić information content (AvgIpc) is 2.65. The minimum absolute atomic E-state index is 0.116. The number of carbonyl (C=O) groups is 1. The zero-order chi connectivity index (χ0) is 17.9. The van der Waals surface area contributed by atoms with E-state index in [1.807, 2.05) is 24.3 Å². The molecule has 0 saturated carbocycles. The highest BCUT2D eigenvalue weighted by atomic mass is 32.2. The largest absolute Gasteiger partial charge is 0.465 e. The highest BCUT2D eigenvalue weighted by molar-refractivity contribution is 7.87. The molecule has 6 nitrogen and oxygen atoms in total. The number of carbonyl (C=O) groups excluding carboxylic acids is 1. The van der Waals surface area contributed by atoms with Gasteiger partial charge in [-0.15, -0.1) is 0 Å². The van der Waals surface area contributed by atoms with E-state index in [1.54, 1.807) is 24.3 Å². The van der Waals surface area contributed by atoms with Gasteiger partial charge in [0, 0.05) is 19.6 Å². The van der Waals surface area contributed by atoms with E-state index < -0.39 is 16.2 Å². The molecule has 3 rings (SSSR count). The summed E-state index contributed by atoms with van der Waals surface area (Å²) >= 11 is 0. The molecular formula is C18H20N2O4S. The Morgan fingerprint density at radius 2 is 1.92 bits per heavy atom. The van der Waals surface area contributed by atoms with Crippen molar-refractivity contribution in [2.75, 3.05) is 13.7 Å². The predicted octanol–water partition coefficient (Wildman–Crippen LogP) is 1.87. The topological polar surface area (TPSA) is 75.7 Å². The fourth-order valence-electron chi connectivity index (χ4n) is 2.87. The number of benzene rings is 2. The molecule has 132 valence electrons. The van der Waals surface area contributed by atoms with E-state index in [2.05, 4.69) is 9.46 Å². The Morgan fingerprint density at radius 1 is 1.16 bits per heavy atom. The van der Waals surface area contributed by atoms with Gasteiger partial charge in [0.1, 0.15) is 0 Å². The van der Waals surface area contributed by atoms with Gasteiger partial charge in [0.2, 0.25) is 0 Å². The quantitative estimate of drug-likeness (QED) is 0.826. The van der Waals surface area contributed by atoms with Crippen molar-refractivity contribution in [2.24, 2.45) is 0 Å². The number of hydrogen-bond donors (Lipinski definition) is 1. The van der Waals surface area contributed by atoms with E-state index in [4.69, 9.17) is 0 Å². The van der Waals surface area contributed by atoms with Gasteiger partial charge < -0.3 is 4.74 Å². The zero-order valence-electron chi connectivity index (χ0n) is 13.9. The molecule has 0 saturated heterocycles. The molecule has 1 N–H and O–H groups in total. The summed E-state index contributed by atoms with van der Waals surface area (Å²) in [5, 5.41) is 0. The zero-order valence-corrected chi connectivity index (χ0v) is 14.8. The standard InChI is InChI=1S/C18H20N2O4S/c1-24-18(21)16-8-4-5-14(11-16)12-19-25(22,23)20-10-9-15-6-2-3-7-17(15)13-20/h2-8,11,19H,9-10,12-13H2,1H3. The van der Waals surface area contributed by atoms with Crippen molar-refractivity contribution in [3.8, 4) is 0 Å². The van der Waals surface area contributed by atoms with Crippen LogP contribution in [0.25, 0.3) is 0 Å². The Balaban J connectivity index is 1.68. The summed E-state index contributed by atoms with van der Waals surface area (Å²) in [6.45, 7) is 0.938. The summed E-state index contributed by atoms with van der Waals surface area (Å²) in [7, 11) is -2.28. The van der Waals surface area contributed by atoms with E-state index in [1.165, 1.54) is 17.0 Å². The van der Waals surface area contributed by atoms with Gasteiger partial charge in [0.05, 0.1) is 12.7 Å². The maximum Gasteiger partial charge on any atom is 0.337 e. The second kappa shape index (κ2) is 7.35.